The summed E-state index contributed by atoms with van der Waals surface area (Å²) in [5.41, 5.74) is 3.26. The summed E-state index contributed by atoms with van der Waals surface area (Å²) in [5.74, 6) is 1.04. The first kappa shape index (κ1) is 36.8. The number of imidazole rings is 1. The highest BCUT2D eigenvalue weighted by Crippen LogP contribution is 2.42. The van der Waals surface area contributed by atoms with Crippen LogP contribution in [0.1, 0.15) is 31.5 Å². The molecule has 1 aliphatic carbocycles. The van der Waals surface area contributed by atoms with E-state index in [9.17, 15) is 14.0 Å². The van der Waals surface area contributed by atoms with Gasteiger partial charge in [-0.25, -0.2) is 23.4 Å². The molecular weight excluding hydrogens is 773 g/mol. The van der Waals surface area contributed by atoms with Gasteiger partial charge in [0.1, 0.15) is 46.7 Å². The van der Waals surface area contributed by atoms with Crippen LogP contribution in [0, 0.1) is 24.5 Å². The lowest BCUT2D eigenvalue weighted by atomic mass is 9.87. The molecule has 6 aliphatic rings. The van der Waals surface area contributed by atoms with Gasteiger partial charge in [-0.05, 0) is 68.9 Å². The van der Waals surface area contributed by atoms with Gasteiger partial charge < -0.3 is 34.2 Å². The van der Waals surface area contributed by atoms with E-state index in [4.69, 9.17) is 29.7 Å². The van der Waals surface area contributed by atoms with Crippen molar-refractivity contribution < 1.29 is 23.1 Å². The molecule has 16 nitrogen and oxygen atoms in total. The molecule has 2 unspecified atom stereocenters. The maximum absolute atomic E-state index is 15.5. The number of likely N-dealkylation sites (N-methyl/N-ethyl adjacent to an activating group) is 1. The summed E-state index contributed by atoms with van der Waals surface area (Å²) in [4.78, 5) is 61.0. The number of fused-ring (bicyclic) bond motifs is 8. The lowest BCUT2D eigenvalue weighted by Crippen LogP contribution is -2.72. The van der Waals surface area contributed by atoms with Gasteiger partial charge in [0, 0.05) is 58.6 Å². The molecule has 6 aromatic rings. The number of hydrogen-bond donors (Lipinski definition) is 1. The highest BCUT2D eigenvalue weighted by molar-refractivity contribution is 5.95. The Hall–Kier alpha value is -6.30. The molecule has 5 fully saturated rings. The largest absolute Gasteiger partial charge is 0.378 e. The fraction of sp³-hybridized carbons (Fsp3) is 0.429. The maximum atomic E-state index is 15.5. The summed E-state index contributed by atoms with van der Waals surface area (Å²) in [6.07, 6.45) is 6.25. The number of benzene rings is 1. The van der Waals surface area contributed by atoms with Crippen LogP contribution in [0.2, 0.25) is 0 Å². The van der Waals surface area contributed by atoms with Gasteiger partial charge >= 0.3 is 0 Å². The number of halogens is 2. The molecule has 10 heterocycles. The summed E-state index contributed by atoms with van der Waals surface area (Å²) in [5, 5.41) is 8.65. The first-order valence-electron chi connectivity index (χ1n) is 20.5. The molecule has 308 valence electrons. The van der Waals surface area contributed by atoms with Gasteiger partial charge in [0.05, 0.1) is 47.0 Å². The van der Waals surface area contributed by atoms with Crippen molar-refractivity contribution in [3.63, 3.8) is 0 Å². The number of amides is 2. The van der Waals surface area contributed by atoms with Gasteiger partial charge in [-0.2, -0.15) is 15.1 Å². The van der Waals surface area contributed by atoms with E-state index in [0.29, 0.717) is 72.8 Å². The summed E-state index contributed by atoms with van der Waals surface area (Å²) in [6, 6.07) is 9.51. The van der Waals surface area contributed by atoms with E-state index in [0.717, 1.165) is 42.3 Å². The van der Waals surface area contributed by atoms with E-state index in [2.05, 4.69) is 15.0 Å². The number of rotatable bonds is 6. The lowest BCUT2D eigenvalue weighted by Gasteiger charge is -2.55. The van der Waals surface area contributed by atoms with Crippen molar-refractivity contribution in [2.75, 3.05) is 55.5 Å². The van der Waals surface area contributed by atoms with Crippen LogP contribution < -0.4 is 15.1 Å². The normalized spacial score (nSPS) is 24.2. The first-order valence-corrected chi connectivity index (χ1v) is 20.5. The molecule has 12 rings (SSSR count). The Balaban J connectivity index is 1.02. The molecular formula is C42H43F2N13O3. The number of carbonyl (C=O) groups is 2. The van der Waals surface area contributed by atoms with Crippen LogP contribution in [-0.4, -0.2) is 131 Å². The lowest BCUT2D eigenvalue weighted by molar-refractivity contribution is -0.140. The molecule has 6 bridgehead atoms. The molecule has 5 aromatic heterocycles. The monoisotopic (exact) mass is 815 g/mol. The molecule has 1 saturated carbocycles. The highest BCUT2D eigenvalue weighted by atomic mass is 19.1. The Kier molecular flexibility index (Phi) is 8.51. The minimum atomic E-state index is -0.812. The van der Waals surface area contributed by atoms with Crippen molar-refractivity contribution in [2.24, 2.45) is 5.92 Å². The van der Waals surface area contributed by atoms with E-state index in [1.54, 1.807) is 31.5 Å². The SMILES string of the molecule is CO[C@H]1CN(C)C(=O)[C@@H]2CC(CN2c2nc(N3C4C[C@@H]3CN(CC3CC3)C4=O)nc3c2cnn3-c2ccc(F)cc2F)Nc2cccc(n2)-c2nccc3nc(C)n(c23)C1. The number of aryl methyl sites for hydroxylation is 1. The molecule has 5 aliphatic heterocycles. The van der Waals surface area contributed by atoms with Gasteiger partial charge in [0.25, 0.3) is 0 Å². The molecule has 2 amide bonds. The average Bonchev–Trinajstić information content (AvgIpc) is 3.64. The van der Waals surface area contributed by atoms with Crippen LogP contribution in [-0.2, 0) is 20.9 Å². The summed E-state index contributed by atoms with van der Waals surface area (Å²) in [7, 11) is 3.41. The Bertz CT molecular complexity index is 2720. The molecule has 0 radical (unpaired) electrons. The van der Waals surface area contributed by atoms with Crippen LogP contribution in [0.4, 0.5) is 26.4 Å². The van der Waals surface area contributed by atoms with E-state index in [1.165, 1.54) is 16.8 Å². The number of hydrogen-bond acceptors (Lipinski definition) is 12. The second-order valence-corrected chi connectivity index (χ2v) is 16.8. The van der Waals surface area contributed by atoms with Crippen molar-refractivity contribution in [1.82, 2.24) is 49.1 Å². The Morgan fingerprint density at radius 2 is 1.80 bits per heavy atom. The smallest absolute Gasteiger partial charge is 0.245 e. The number of carbonyl (C=O) groups excluding carboxylic acids is 2. The zero-order chi connectivity index (χ0) is 41.0. The zero-order valence-corrected chi connectivity index (χ0v) is 33.4. The molecule has 5 atom stereocenters. The number of methoxy groups -OCH3 is 1. The van der Waals surface area contributed by atoms with Crippen molar-refractivity contribution >= 4 is 51.5 Å². The highest BCUT2D eigenvalue weighted by Gasteiger charge is 2.53. The fourth-order valence-electron chi connectivity index (χ4n) is 9.60. The minimum Gasteiger partial charge on any atom is -0.378 e. The number of pyridine rings is 2. The molecule has 4 saturated heterocycles. The summed E-state index contributed by atoms with van der Waals surface area (Å²) < 4.78 is 39.0. The van der Waals surface area contributed by atoms with Crippen LogP contribution in [0.25, 0.3) is 39.1 Å². The number of ether oxygens (including phenoxy) is 1. The summed E-state index contributed by atoms with van der Waals surface area (Å²) in [6.45, 7) is 4.30. The Morgan fingerprint density at radius 1 is 0.933 bits per heavy atom. The number of nitrogens with one attached hydrogen (secondary N) is 1. The van der Waals surface area contributed by atoms with Crippen molar-refractivity contribution in [3.05, 3.63) is 72.3 Å². The van der Waals surface area contributed by atoms with E-state index in [1.807, 2.05) is 45.9 Å². The Labute approximate surface area is 343 Å². The first-order chi connectivity index (χ1) is 29.1. The third-order valence-corrected chi connectivity index (χ3v) is 12.8. The molecule has 1 N–H and O–H groups in total. The summed E-state index contributed by atoms with van der Waals surface area (Å²) >= 11 is 0. The fourth-order valence-corrected chi connectivity index (χ4v) is 9.60. The third kappa shape index (κ3) is 6.01. The average molecular weight is 816 g/mol. The zero-order valence-electron chi connectivity index (χ0n) is 33.4. The molecule has 60 heavy (non-hydrogen) atoms. The minimum absolute atomic E-state index is 0.00453. The van der Waals surface area contributed by atoms with Gasteiger partial charge in [0.15, 0.2) is 11.5 Å². The van der Waals surface area contributed by atoms with Crippen molar-refractivity contribution in [2.45, 2.75) is 69.4 Å². The maximum Gasteiger partial charge on any atom is 0.245 e. The predicted molar refractivity (Wildman–Crippen MR) is 218 cm³/mol. The van der Waals surface area contributed by atoms with Crippen LogP contribution in [0.5, 0.6) is 0 Å². The standard InChI is InChI=1S/C42H43F2N13O3/c1-22-47-31-11-12-45-36-30-5-4-6-35(49-30)48-25-14-33(40(58)52(2)20-27(60-3)21-54(22)37(31)36)55(18-25)38-28-16-46-57(32-10-9-24(43)13-29(32)44)39(28)51-42(50-38)56-26-15-34(56)41(59)53(19-26)17-23-7-8-23/h4-6,9-13,16,23,25-27,33-34H,7-8,14-15,17-21H2,1-3H3,(H,48,49)/t25?,26-,27+,33+,34?/m1/s1. The van der Waals surface area contributed by atoms with Crippen molar-refractivity contribution in [3.8, 4) is 17.1 Å². The molecule has 0 spiro atoms. The van der Waals surface area contributed by atoms with E-state index in [-0.39, 0.29) is 41.8 Å². The van der Waals surface area contributed by atoms with E-state index < -0.39 is 29.8 Å². The number of piperazine rings is 1. The predicted octanol–water partition coefficient (Wildman–Crippen LogP) is 3.95. The number of piperidine rings is 1. The van der Waals surface area contributed by atoms with Crippen LogP contribution in [0.3, 0.4) is 0 Å². The second-order valence-electron chi connectivity index (χ2n) is 16.8. The topological polar surface area (TPSA) is 156 Å². The molecule has 1 aromatic carbocycles. The number of nitrogens with zero attached hydrogens (tertiary/aromatic N) is 12. The van der Waals surface area contributed by atoms with Crippen molar-refractivity contribution in [1.29, 1.82) is 0 Å². The molecule has 18 heteroatoms. The van der Waals surface area contributed by atoms with Gasteiger partial charge in [0.2, 0.25) is 17.8 Å². The number of anilines is 3. The van der Waals surface area contributed by atoms with Crippen LogP contribution >= 0.6 is 0 Å². The second kappa shape index (κ2) is 13.9. The van der Waals surface area contributed by atoms with E-state index >= 15 is 4.39 Å². The Morgan fingerprint density at radius 3 is 2.60 bits per heavy atom. The quantitative estimate of drug-likeness (QED) is 0.259. The van der Waals surface area contributed by atoms with Crippen LogP contribution in [0.15, 0.2) is 54.9 Å². The number of aromatic nitrogens is 8. The van der Waals surface area contributed by atoms with Gasteiger partial charge in [-0.15, -0.1) is 0 Å². The van der Waals surface area contributed by atoms with Gasteiger partial charge in [-0.3, -0.25) is 14.6 Å². The van der Waals surface area contributed by atoms with Gasteiger partial charge in [-0.1, -0.05) is 6.07 Å². The third-order valence-electron chi connectivity index (χ3n) is 12.8.